The van der Waals surface area contributed by atoms with E-state index in [1.54, 1.807) is 6.20 Å². The van der Waals surface area contributed by atoms with Gasteiger partial charge in [-0.25, -0.2) is 9.97 Å². The second-order valence-electron chi connectivity index (χ2n) is 2.60. The molecular weight excluding hydrogens is 208 g/mol. The van der Waals surface area contributed by atoms with Gasteiger partial charge in [0.15, 0.2) is 5.16 Å². The van der Waals surface area contributed by atoms with E-state index in [1.807, 2.05) is 13.0 Å². The van der Waals surface area contributed by atoms with Gasteiger partial charge < -0.3 is 5.11 Å². The number of halogens is 1. The van der Waals surface area contributed by atoms with E-state index in [0.717, 1.165) is 5.69 Å². The molecule has 1 atom stereocenters. The molecule has 0 amide bonds. The Morgan fingerprint density at radius 1 is 1.69 bits per heavy atom. The predicted octanol–water partition coefficient (Wildman–Crippen LogP) is 1.48. The van der Waals surface area contributed by atoms with Gasteiger partial charge in [0, 0.05) is 23.5 Å². The second-order valence-corrected chi connectivity index (χ2v) is 3.90. The van der Waals surface area contributed by atoms with Gasteiger partial charge in [-0.15, -0.1) is 11.6 Å². The summed E-state index contributed by atoms with van der Waals surface area (Å²) in [6, 6.07) is 1.84. The van der Waals surface area contributed by atoms with Crippen LogP contribution >= 0.6 is 23.4 Å². The highest BCUT2D eigenvalue weighted by molar-refractivity contribution is 7.99. The summed E-state index contributed by atoms with van der Waals surface area (Å²) in [5.41, 5.74) is 0.929. The lowest BCUT2D eigenvalue weighted by Crippen LogP contribution is -2.11. The van der Waals surface area contributed by atoms with E-state index in [-0.39, 0.29) is 5.88 Å². The number of thioether (sulfide) groups is 1. The molecule has 0 radical (unpaired) electrons. The Balaban J connectivity index is 2.45. The van der Waals surface area contributed by atoms with Crippen molar-refractivity contribution < 1.29 is 5.11 Å². The van der Waals surface area contributed by atoms with Gasteiger partial charge in [-0.1, -0.05) is 11.8 Å². The van der Waals surface area contributed by atoms with Crippen LogP contribution in [-0.4, -0.2) is 32.8 Å². The molecule has 1 N–H and O–H groups in total. The molecule has 0 fully saturated rings. The highest BCUT2D eigenvalue weighted by Gasteiger charge is 2.04. The second kappa shape index (κ2) is 5.42. The number of hydrogen-bond acceptors (Lipinski definition) is 4. The van der Waals surface area contributed by atoms with Gasteiger partial charge in [0.05, 0.1) is 6.10 Å². The van der Waals surface area contributed by atoms with Crippen molar-refractivity contribution >= 4 is 23.4 Å². The average molecular weight is 219 g/mol. The van der Waals surface area contributed by atoms with Gasteiger partial charge in [-0.2, -0.15) is 0 Å². The maximum atomic E-state index is 9.18. The lowest BCUT2D eigenvalue weighted by molar-refractivity contribution is 0.223. The predicted molar refractivity (Wildman–Crippen MR) is 54.2 cm³/mol. The van der Waals surface area contributed by atoms with Crippen LogP contribution in [0, 0.1) is 6.92 Å². The molecule has 0 spiro atoms. The number of alkyl halides is 1. The Bertz CT molecular complexity index is 272. The molecule has 1 aromatic rings. The van der Waals surface area contributed by atoms with Crippen molar-refractivity contribution in [2.45, 2.75) is 18.2 Å². The number of rotatable bonds is 4. The standard InChI is InChI=1S/C8H11ClN2OS/c1-6-2-3-10-8(11-6)13-5-7(12)4-9/h2-3,7,12H,4-5H2,1H3. The summed E-state index contributed by atoms with van der Waals surface area (Å²) in [7, 11) is 0. The van der Waals surface area contributed by atoms with Gasteiger partial charge in [0.25, 0.3) is 0 Å². The number of hydrogen-bond donors (Lipinski definition) is 1. The summed E-state index contributed by atoms with van der Waals surface area (Å²) >= 11 is 6.86. The highest BCUT2D eigenvalue weighted by atomic mass is 35.5. The Kier molecular flexibility index (Phi) is 4.48. The topological polar surface area (TPSA) is 46.0 Å². The molecule has 1 unspecified atom stereocenters. The van der Waals surface area contributed by atoms with Gasteiger partial charge in [-0.05, 0) is 13.0 Å². The molecule has 1 rings (SSSR count). The fraction of sp³-hybridized carbons (Fsp3) is 0.500. The molecule has 0 aromatic carbocycles. The van der Waals surface area contributed by atoms with Crippen molar-refractivity contribution in [1.29, 1.82) is 0 Å². The highest BCUT2D eigenvalue weighted by Crippen LogP contribution is 2.13. The van der Waals surface area contributed by atoms with Gasteiger partial charge in [-0.3, -0.25) is 0 Å². The van der Waals surface area contributed by atoms with E-state index in [2.05, 4.69) is 9.97 Å². The monoisotopic (exact) mass is 218 g/mol. The van der Waals surface area contributed by atoms with Crippen molar-refractivity contribution in [3.8, 4) is 0 Å². The minimum atomic E-state index is -0.490. The minimum Gasteiger partial charge on any atom is -0.391 e. The molecule has 3 nitrogen and oxygen atoms in total. The molecular formula is C8H11ClN2OS. The van der Waals surface area contributed by atoms with Gasteiger partial charge in [0.2, 0.25) is 0 Å². The molecule has 0 saturated carbocycles. The van der Waals surface area contributed by atoms with Crippen LogP contribution < -0.4 is 0 Å². The van der Waals surface area contributed by atoms with Crippen LogP contribution in [0.4, 0.5) is 0 Å². The maximum Gasteiger partial charge on any atom is 0.187 e. The molecule has 1 aromatic heterocycles. The quantitative estimate of drug-likeness (QED) is 0.473. The van der Waals surface area contributed by atoms with Crippen molar-refractivity contribution in [2.24, 2.45) is 0 Å². The third kappa shape index (κ3) is 3.93. The molecule has 1 heterocycles. The average Bonchev–Trinajstić information content (AvgIpc) is 2.14. The summed E-state index contributed by atoms with van der Waals surface area (Å²) in [6.07, 6.45) is 1.22. The number of aryl methyl sites for hydroxylation is 1. The van der Waals surface area contributed by atoms with Gasteiger partial charge in [0.1, 0.15) is 0 Å². The normalized spacial score (nSPS) is 12.8. The first-order valence-electron chi connectivity index (χ1n) is 3.89. The third-order valence-corrected chi connectivity index (χ3v) is 2.72. The Labute approximate surface area is 86.6 Å². The van der Waals surface area contributed by atoms with Crippen molar-refractivity contribution in [1.82, 2.24) is 9.97 Å². The van der Waals surface area contributed by atoms with E-state index >= 15 is 0 Å². The fourth-order valence-electron chi connectivity index (χ4n) is 0.711. The van der Waals surface area contributed by atoms with Crippen molar-refractivity contribution in [2.75, 3.05) is 11.6 Å². The Hall–Kier alpha value is -0.320. The smallest absolute Gasteiger partial charge is 0.187 e. The molecule has 0 aliphatic rings. The van der Waals surface area contributed by atoms with Crippen LogP contribution in [0.2, 0.25) is 0 Å². The largest absolute Gasteiger partial charge is 0.391 e. The number of nitrogens with zero attached hydrogens (tertiary/aromatic N) is 2. The van der Waals surface area contributed by atoms with Gasteiger partial charge >= 0.3 is 0 Å². The lowest BCUT2D eigenvalue weighted by Gasteiger charge is -2.04. The lowest BCUT2D eigenvalue weighted by atomic mass is 10.5. The van der Waals surface area contributed by atoms with Crippen molar-refractivity contribution in [3.63, 3.8) is 0 Å². The number of aliphatic hydroxyl groups excluding tert-OH is 1. The molecule has 0 bridgehead atoms. The summed E-state index contributed by atoms with van der Waals surface area (Å²) in [5.74, 6) is 0.784. The Morgan fingerprint density at radius 2 is 2.46 bits per heavy atom. The molecule has 0 aliphatic carbocycles. The van der Waals surface area contributed by atoms with Crippen LogP contribution in [0.15, 0.2) is 17.4 Å². The summed E-state index contributed by atoms with van der Waals surface area (Å²) in [5, 5.41) is 9.86. The molecule has 72 valence electrons. The third-order valence-electron chi connectivity index (χ3n) is 1.36. The molecule has 0 aliphatic heterocycles. The first kappa shape index (κ1) is 10.8. The summed E-state index contributed by atoms with van der Waals surface area (Å²) in [4.78, 5) is 8.22. The Morgan fingerprint density at radius 3 is 3.08 bits per heavy atom. The maximum absolute atomic E-state index is 9.18. The first-order valence-corrected chi connectivity index (χ1v) is 5.41. The minimum absolute atomic E-state index is 0.249. The zero-order valence-electron chi connectivity index (χ0n) is 7.27. The van der Waals surface area contributed by atoms with Crippen LogP contribution in [0.1, 0.15) is 5.69 Å². The van der Waals surface area contributed by atoms with Crippen LogP contribution in [0.25, 0.3) is 0 Å². The van der Waals surface area contributed by atoms with E-state index in [4.69, 9.17) is 11.6 Å². The van der Waals surface area contributed by atoms with E-state index in [0.29, 0.717) is 10.9 Å². The van der Waals surface area contributed by atoms with E-state index < -0.39 is 6.10 Å². The van der Waals surface area contributed by atoms with E-state index in [1.165, 1.54) is 11.8 Å². The number of aliphatic hydroxyl groups is 1. The first-order chi connectivity index (χ1) is 6.22. The van der Waals surface area contributed by atoms with Crippen LogP contribution in [-0.2, 0) is 0 Å². The zero-order chi connectivity index (χ0) is 9.68. The van der Waals surface area contributed by atoms with E-state index in [9.17, 15) is 5.11 Å². The van der Waals surface area contributed by atoms with Crippen LogP contribution in [0.3, 0.4) is 0 Å². The van der Waals surface area contributed by atoms with Crippen molar-refractivity contribution in [3.05, 3.63) is 18.0 Å². The molecule has 13 heavy (non-hydrogen) atoms. The van der Waals surface area contributed by atoms with Crippen LogP contribution in [0.5, 0.6) is 0 Å². The molecule has 0 saturated heterocycles. The summed E-state index contributed by atoms with van der Waals surface area (Å²) in [6.45, 7) is 1.91. The zero-order valence-corrected chi connectivity index (χ0v) is 8.85. The fourth-order valence-corrected chi connectivity index (χ4v) is 1.75. The number of aromatic nitrogens is 2. The molecule has 5 heteroatoms. The SMILES string of the molecule is Cc1ccnc(SCC(O)CCl)n1. The summed E-state index contributed by atoms with van der Waals surface area (Å²) < 4.78 is 0.